The second-order valence-electron chi connectivity index (χ2n) is 9.30. The van der Waals surface area contributed by atoms with Crippen molar-refractivity contribution in [2.75, 3.05) is 52.3 Å². The largest absolute Gasteiger partial charge is 0.393 e. The van der Waals surface area contributed by atoms with Crippen molar-refractivity contribution >= 4 is 28.4 Å². The number of aromatic nitrogens is 5. The molecule has 0 unspecified atom stereocenters. The summed E-state index contributed by atoms with van der Waals surface area (Å²) >= 11 is 0. The van der Waals surface area contributed by atoms with Gasteiger partial charge in [-0.15, -0.1) is 0 Å². The van der Waals surface area contributed by atoms with Gasteiger partial charge in [-0.05, 0) is 31.4 Å². The lowest BCUT2D eigenvalue weighted by Gasteiger charge is -2.26. The number of ether oxygens (including phenoxy) is 1. The van der Waals surface area contributed by atoms with E-state index in [1.165, 1.54) is 6.42 Å². The number of anilines is 1. The molecule has 5 heterocycles. The van der Waals surface area contributed by atoms with E-state index in [0.717, 1.165) is 80.3 Å². The van der Waals surface area contributed by atoms with Crippen LogP contribution in [0.4, 0.5) is 5.82 Å². The summed E-state index contributed by atoms with van der Waals surface area (Å²) in [5, 5.41) is 19.6. The zero-order chi connectivity index (χ0) is 25.8. The SMILES string of the molecule is CNC(=O)c1cnn2c(NC)cc(-c3cn(CCN4CCOCC4)c4ncccc34)nc12.OC1CCC1. The third kappa shape index (κ3) is 5.29. The number of morpholine rings is 1. The monoisotopic (exact) mass is 506 g/mol. The zero-order valence-electron chi connectivity index (χ0n) is 21.4. The first kappa shape index (κ1) is 25.1. The van der Waals surface area contributed by atoms with Crippen molar-refractivity contribution in [3.05, 3.63) is 42.4 Å². The molecule has 1 aliphatic heterocycles. The number of fused-ring (bicyclic) bond motifs is 2. The van der Waals surface area contributed by atoms with E-state index in [0.29, 0.717) is 11.2 Å². The Morgan fingerprint density at radius 3 is 2.65 bits per heavy atom. The van der Waals surface area contributed by atoms with E-state index in [4.69, 9.17) is 14.8 Å². The van der Waals surface area contributed by atoms with Crippen LogP contribution in [0.3, 0.4) is 0 Å². The average molecular weight is 507 g/mol. The number of amides is 1. The first-order valence-corrected chi connectivity index (χ1v) is 12.8. The molecular formula is C26H34N8O3. The second-order valence-corrected chi connectivity index (χ2v) is 9.30. The zero-order valence-corrected chi connectivity index (χ0v) is 21.4. The maximum atomic E-state index is 12.3. The molecule has 0 spiro atoms. The number of aliphatic hydroxyl groups is 1. The summed E-state index contributed by atoms with van der Waals surface area (Å²) in [4.78, 5) is 24.2. The lowest BCUT2D eigenvalue weighted by Crippen LogP contribution is -2.38. The molecule has 2 fully saturated rings. The quantitative estimate of drug-likeness (QED) is 0.363. The Kier molecular flexibility index (Phi) is 7.63. The molecule has 11 heteroatoms. The van der Waals surface area contributed by atoms with Gasteiger partial charge in [0.05, 0.1) is 31.2 Å². The molecule has 0 atom stereocenters. The van der Waals surface area contributed by atoms with Gasteiger partial charge < -0.3 is 25.0 Å². The molecule has 1 saturated heterocycles. The molecule has 2 aliphatic rings. The van der Waals surface area contributed by atoms with Gasteiger partial charge >= 0.3 is 0 Å². The van der Waals surface area contributed by atoms with Crippen molar-refractivity contribution < 1.29 is 14.6 Å². The minimum Gasteiger partial charge on any atom is -0.393 e. The van der Waals surface area contributed by atoms with Gasteiger partial charge in [-0.1, -0.05) is 0 Å². The van der Waals surface area contributed by atoms with Crippen molar-refractivity contribution in [1.82, 2.24) is 34.4 Å². The predicted molar refractivity (Wildman–Crippen MR) is 142 cm³/mol. The van der Waals surface area contributed by atoms with Crippen LogP contribution in [0.1, 0.15) is 29.6 Å². The van der Waals surface area contributed by atoms with Crippen LogP contribution in [-0.2, 0) is 11.3 Å². The molecule has 4 aromatic heterocycles. The van der Waals surface area contributed by atoms with Gasteiger partial charge in [0.2, 0.25) is 0 Å². The molecule has 6 rings (SSSR count). The highest BCUT2D eigenvalue weighted by molar-refractivity contribution is 6.00. The van der Waals surface area contributed by atoms with Crippen molar-refractivity contribution in [2.24, 2.45) is 0 Å². The summed E-state index contributed by atoms with van der Waals surface area (Å²) < 4.78 is 9.28. The molecular weight excluding hydrogens is 472 g/mol. The first-order chi connectivity index (χ1) is 18.1. The number of hydrogen-bond acceptors (Lipinski definition) is 8. The van der Waals surface area contributed by atoms with E-state index in [9.17, 15) is 4.79 Å². The van der Waals surface area contributed by atoms with Crippen LogP contribution in [0.5, 0.6) is 0 Å². The van der Waals surface area contributed by atoms with E-state index in [2.05, 4.69) is 42.4 Å². The van der Waals surface area contributed by atoms with Gasteiger partial charge in [0, 0.05) is 69.7 Å². The van der Waals surface area contributed by atoms with Gasteiger partial charge in [0.25, 0.3) is 5.91 Å². The summed E-state index contributed by atoms with van der Waals surface area (Å²) in [6, 6.07) is 5.94. The van der Waals surface area contributed by atoms with Gasteiger partial charge in [0.1, 0.15) is 17.0 Å². The highest BCUT2D eigenvalue weighted by Crippen LogP contribution is 2.31. The minimum atomic E-state index is -0.221. The molecule has 1 aliphatic carbocycles. The number of carbonyl (C=O) groups is 1. The van der Waals surface area contributed by atoms with Crippen LogP contribution in [0.25, 0.3) is 27.9 Å². The van der Waals surface area contributed by atoms with Gasteiger partial charge in [-0.3, -0.25) is 9.69 Å². The molecule has 196 valence electrons. The molecule has 37 heavy (non-hydrogen) atoms. The molecule has 0 radical (unpaired) electrons. The molecule has 3 N–H and O–H groups in total. The third-order valence-corrected chi connectivity index (χ3v) is 6.94. The third-order valence-electron chi connectivity index (χ3n) is 6.94. The standard InChI is InChI=1S/C22H26N8O2.C4H8O/c1-23-19-12-18(27-21-16(22(31)24-2)13-26-30(19)21)17-14-29(20-15(17)4-3-5-25-20)7-6-28-8-10-32-11-9-28;5-4-2-1-3-4/h3-5,12-14,23H,6-11H2,1-2H3,(H,24,31);4-5H,1-3H2. The number of hydrogen-bond donors (Lipinski definition) is 3. The van der Waals surface area contributed by atoms with Crippen molar-refractivity contribution in [1.29, 1.82) is 0 Å². The summed E-state index contributed by atoms with van der Waals surface area (Å²) in [6.45, 7) is 5.22. The fourth-order valence-electron chi connectivity index (χ4n) is 4.53. The fourth-order valence-corrected chi connectivity index (χ4v) is 4.53. The van der Waals surface area contributed by atoms with Crippen LogP contribution < -0.4 is 10.6 Å². The Bertz CT molecular complexity index is 1370. The van der Waals surface area contributed by atoms with Crippen LogP contribution in [-0.4, -0.2) is 93.1 Å². The van der Waals surface area contributed by atoms with E-state index < -0.39 is 0 Å². The molecule has 1 amide bonds. The summed E-state index contributed by atoms with van der Waals surface area (Å²) in [6.07, 6.45) is 8.84. The number of nitrogens with zero attached hydrogens (tertiary/aromatic N) is 6. The summed E-state index contributed by atoms with van der Waals surface area (Å²) in [5.41, 5.74) is 3.58. The Labute approximate surface area is 215 Å². The predicted octanol–water partition coefficient (Wildman–Crippen LogP) is 2.01. The molecule has 4 aromatic rings. The molecule has 11 nitrogen and oxygen atoms in total. The number of carbonyl (C=O) groups excluding carboxylic acids is 1. The smallest absolute Gasteiger partial charge is 0.256 e. The van der Waals surface area contributed by atoms with E-state index in [1.54, 1.807) is 17.8 Å². The highest BCUT2D eigenvalue weighted by atomic mass is 16.5. The molecule has 0 bridgehead atoms. The highest BCUT2D eigenvalue weighted by Gasteiger charge is 2.19. The van der Waals surface area contributed by atoms with Crippen LogP contribution >= 0.6 is 0 Å². The number of nitrogens with one attached hydrogen (secondary N) is 2. The van der Waals surface area contributed by atoms with Crippen LogP contribution in [0, 0.1) is 0 Å². The van der Waals surface area contributed by atoms with Gasteiger partial charge in [0.15, 0.2) is 5.65 Å². The maximum absolute atomic E-state index is 12.3. The average Bonchev–Trinajstić information content (AvgIpc) is 3.52. The topological polar surface area (TPSA) is 122 Å². The number of aliphatic hydroxyl groups excluding tert-OH is 1. The van der Waals surface area contributed by atoms with E-state index in [1.807, 2.05) is 25.4 Å². The summed E-state index contributed by atoms with van der Waals surface area (Å²) in [7, 11) is 3.43. The Balaban J connectivity index is 0.000000503. The van der Waals surface area contributed by atoms with Crippen LogP contribution in [0.2, 0.25) is 0 Å². The van der Waals surface area contributed by atoms with Crippen molar-refractivity contribution in [3.63, 3.8) is 0 Å². The normalized spacial score (nSPS) is 16.3. The number of rotatable bonds is 6. The Hall–Kier alpha value is -3.54. The Morgan fingerprint density at radius 1 is 1.19 bits per heavy atom. The van der Waals surface area contributed by atoms with Gasteiger partial charge in [-0.2, -0.15) is 9.61 Å². The first-order valence-electron chi connectivity index (χ1n) is 12.8. The minimum absolute atomic E-state index is 0.0648. The maximum Gasteiger partial charge on any atom is 0.256 e. The van der Waals surface area contributed by atoms with Crippen LogP contribution in [0.15, 0.2) is 36.8 Å². The molecule has 0 aromatic carbocycles. The summed E-state index contributed by atoms with van der Waals surface area (Å²) in [5.74, 6) is 0.527. The van der Waals surface area contributed by atoms with E-state index >= 15 is 0 Å². The van der Waals surface area contributed by atoms with Crippen molar-refractivity contribution in [2.45, 2.75) is 31.9 Å². The van der Waals surface area contributed by atoms with Crippen molar-refractivity contribution in [3.8, 4) is 11.3 Å². The van der Waals surface area contributed by atoms with Gasteiger partial charge in [-0.25, -0.2) is 9.97 Å². The number of pyridine rings is 1. The van der Waals surface area contributed by atoms with E-state index in [-0.39, 0.29) is 12.0 Å². The lowest BCUT2D eigenvalue weighted by molar-refractivity contribution is 0.0365. The lowest BCUT2D eigenvalue weighted by atomic mass is 9.97. The molecule has 1 saturated carbocycles. The second kappa shape index (κ2) is 11.2. The Morgan fingerprint density at radius 2 is 1.97 bits per heavy atom. The fraction of sp³-hybridized carbons (Fsp3) is 0.462.